The van der Waals surface area contributed by atoms with Crippen LogP contribution in [-0.2, 0) is 9.47 Å². The Hall–Kier alpha value is -0.0800. The Labute approximate surface area is 93.3 Å². The minimum Gasteiger partial charge on any atom is -0.349 e. The highest BCUT2D eigenvalue weighted by atomic mass is 16.7. The third-order valence-corrected chi connectivity index (χ3v) is 3.38. The highest BCUT2D eigenvalue weighted by Crippen LogP contribution is 2.52. The summed E-state index contributed by atoms with van der Waals surface area (Å²) < 4.78 is 11.8. The van der Waals surface area contributed by atoms with Gasteiger partial charge in [0.2, 0.25) is 0 Å². The Morgan fingerprint density at radius 1 is 0.800 bits per heavy atom. The molecule has 1 radical (unpaired) electrons. The molecule has 0 amide bonds. The summed E-state index contributed by atoms with van der Waals surface area (Å²) in [7, 11) is 0. The van der Waals surface area contributed by atoms with Gasteiger partial charge in [-0.05, 0) is 17.3 Å². The fraction of sp³-hybridized carbons (Fsp3) is 0.923. The predicted molar refractivity (Wildman–Crippen MR) is 60.3 cm³/mol. The Kier molecular flexibility index (Phi) is 2.63. The van der Waals surface area contributed by atoms with Crippen LogP contribution < -0.4 is 0 Å². The second-order valence-corrected chi connectivity index (χ2v) is 6.68. The average Bonchev–Trinajstić information content (AvgIpc) is 1.97. The summed E-state index contributed by atoms with van der Waals surface area (Å²) in [4.78, 5) is 0. The van der Waals surface area contributed by atoms with Crippen molar-refractivity contribution in [1.82, 2.24) is 0 Å². The maximum absolute atomic E-state index is 5.90. The average molecular weight is 211 g/mol. The van der Waals surface area contributed by atoms with Crippen LogP contribution in [0.15, 0.2) is 0 Å². The first-order valence-electron chi connectivity index (χ1n) is 5.92. The molecule has 15 heavy (non-hydrogen) atoms. The van der Waals surface area contributed by atoms with Crippen molar-refractivity contribution in [3.05, 3.63) is 6.42 Å². The van der Waals surface area contributed by atoms with Gasteiger partial charge in [-0.2, -0.15) is 0 Å². The van der Waals surface area contributed by atoms with Crippen LogP contribution in [0.5, 0.6) is 0 Å². The van der Waals surface area contributed by atoms with E-state index in [0.29, 0.717) is 10.8 Å². The summed E-state index contributed by atoms with van der Waals surface area (Å²) in [6.07, 6.45) is 5.35. The van der Waals surface area contributed by atoms with Crippen molar-refractivity contribution in [3.63, 3.8) is 0 Å². The van der Waals surface area contributed by atoms with E-state index in [1.54, 1.807) is 0 Å². The van der Waals surface area contributed by atoms with Crippen molar-refractivity contribution in [2.45, 2.75) is 52.7 Å². The van der Waals surface area contributed by atoms with Crippen LogP contribution in [0.4, 0.5) is 0 Å². The zero-order valence-corrected chi connectivity index (χ0v) is 10.4. The summed E-state index contributed by atoms with van der Waals surface area (Å²) in [5, 5.41) is 0. The molecule has 0 unspecified atom stereocenters. The first-order valence-corrected chi connectivity index (χ1v) is 5.92. The van der Waals surface area contributed by atoms with Crippen LogP contribution in [0.2, 0.25) is 0 Å². The Morgan fingerprint density at radius 3 is 1.73 bits per heavy atom. The molecule has 2 aliphatic rings. The van der Waals surface area contributed by atoms with Crippen molar-refractivity contribution in [1.29, 1.82) is 0 Å². The number of hydrogen-bond acceptors (Lipinski definition) is 2. The zero-order chi connectivity index (χ0) is 11.2. The molecule has 0 aromatic rings. The maximum atomic E-state index is 5.90. The molecule has 1 spiro atoms. The van der Waals surface area contributed by atoms with Gasteiger partial charge >= 0.3 is 0 Å². The van der Waals surface area contributed by atoms with Crippen molar-refractivity contribution in [2.24, 2.45) is 10.8 Å². The van der Waals surface area contributed by atoms with E-state index < -0.39 is 0 Å². The third-order valence-electron chi connectivity index (χ3n) is 3.38. The highest BCUT2D eigenvalue weighted by molar-refractivity contribution is 4.96. The van der Waals surface area contributed by atoms with E-state index >= 15 is 0 Å². The van der Waals surface area contributed by atoms with E-state index in [2.05, 4.69) is 34.1 Å². The molecule has 87 valence electrons. The summed E-state index contributed by atoms with van der Waals surface area (Å²) in [6, 6.07) is 0. The quantitative estimate of drug-likeness (QED) is 0.612. The van der Waals surface area contributed by atoms with Crippen molar-refractivity contribution < 1.29 is 9.47 Å². The molecule has 0 atom stereocenters. The van der Waals surface area contributed by atoms with Gasteiger partial charge in [-0.1, -0.05) is 27.7 Å². The molecule has 0 N–H and O–H groups in total. The van der Waals surface area contributed by atoms with E-state index in [4.69, 9.17) is 9.47 Å². The normalized spacial score (nSPS) is 32.8. The van der Waals surface area contributed by atoms with Crippen LogP contribution in [0.1, 0.15) is 47.0 Å². The van der Waals surface area contributed by atoms with E-state index in [9.17, 15) is 0 Å². The lowest BCUT2D eigenvalue weighted by molar-refractivity contribution is -0.295. The lowest BCUT2D eigenvalue weighted by Gasteiger charge is -2.52. The van der Waals surface area contributed by atoms with E-state index in [0.717, 1.165) is 26.1 Å². The topological polar surface area (TPSA) is 18.5 Å². The monoisotopic (exact) mass is 211 g/mol. The fourth-order valence-corrected chi connectivity index (χ4v) is 3.66. The second kappa shape index (κ2) is 3.46. The molecule has 0 aromatic carbocycles. The third kappa shape index (κ3) is 2.54. The molecule has 1 saturated heterocycles. The molecular formula is C13H23O2. The second-order valence-electron chi connectivity index (χ2n) is 6.68. The SMILES string of the molecule is CC1(C)CC(C)(C)CC2(C1)OC[CH]CO2. The van der Waals surface area contributed by atoms with Gasteiger partial charge in [0, 0.05) is 19.3 Å². The highest BCUT2D eigenvalue weighted by Gasteiger charge is 2.49. The van der Waals surface area contributed by atoms with Gasteiger partial charge < -0.3 is 9.47 Å². The van der Waals surface area contributed by atoms with Gasteiger partial charge in [-0.3, -0.25) is 0 Å². The minimum atomic E-state index is -0.306. The van der Waals surface area contributed by atoms with E-state index in [1.807, 2.05) is 0 Å². The lowest BCUT2D eigenvalue weighted by atomic mass is 9.63. The maximum Gasteiger partial charge on any atom is 0.169 e. The van der Waals surface area contributed by atoms with Gasteiger partial charge in [-0.15, -0.1) is 0 Å². The number of hydrogen-bond donors (Lipinski definition) is 0. The van der Waals surface area contributed by atoms with Crippen LogP contribution in [-0.4, -0.2) is 19.0 Å². The number of rotatable bonds is 0. The molecule has 2 nitrogen and oxygen atoms in total. The molecule has 1 aliphatic heterocycles. The molecular weight excluding hydrogens is 188 g/mol. The van der Waals surface area contributed by atoms with Gasteiger partial charge in [0.1, 0.15) is 0 Å². The van der Waals surface area contributed by atoms with Crippen molar-refractivity contribution in [3.8, 4) is 0 Å². The summed E-state index contributed by atoms with van der Waals surface area (Å²) in [6.45, 7) is 10.8. The van der Waals surface area contributed by atoms with Gasteiger partial charge in [-0.25, -0.2) is 0 Å². The first-order chi connectivity index (χ1) is 6.83. The molecule has 2 fully saturated rings. The van der Waals surface area contributed by atoms with Gasteiger partial charge in [0.25, 0.3) is 0 Å². The molecule has 0 bridgehead atoms. The smallest absolute Gasteiger partial charge is 0.169 e. The fourth-order valence-electron chi connectivity index (χ4n) is 3.66. The van der Waals surface area contributed by atoms with Crippen molar-refractivity contribution >= 4 is 0 Å². The Morgan fingerprint density at radius 2 is 1.27 bits per heavy atom. The summed E-state index contributed by atoms with van der Waals surface area (Å²) >= 11 is 0. The molecule has 2 rings (SSSR count). The summed E-state index contributed by atoms with van der Waals surface area (Å²) in [5.41, 5.74) is 0.637. The molecule has 1 heterocycles. The molecule has 2 heteroatoms. The van der Waals surface area contributed by atoms with Crippen LogP contribution in [0.25, 0.3) is 0 Å². The predicted octanol–water partition coefficient (Wildman–Crippen LogP) is 3.17. The van der Waals surface area contributed by atoms with E-state index in [-0.39, 0.29) is 5.79 Å². The molecule has 1 saturated carbocycles. The zero-order valence-electron chi connectivity index (χ0n) is 10.4. The van der Waals surface area contributed by atoms with Gasteiger partial charge in [0.15, 0.2) is 5.79 Å². The standard InChI is InChI=1S/C13H23O2/c1-11(2)8-12(3,4)10-13(9-11)14-6-5-7-15-13/h5H,6-10H2,1-4H3. The van der Waals surface area contributed by atoms with E-state index in [1.165, 1.54) is 6.42 Å². The Balaban J connectivity index is 2.18. The summed E-state index contributed by atoms with van der Waals surface area (Å²) in [5.74, 6) is -0.306. The minimum absolute atomic E-state index is 0.306. The van der Waals surface area contributed by atoms with Crippen LogP contribution in [0, 0.1) is 17.3 Å². The largest absolute Gasteiger partial charge is 0.349 e. The van der Waals surface area contributed by atoms with Crippen molar-refractivity contribution in [2.75, 3.05) is 13.2 Å². The molecule has 1 aliphatic carbocycles. The Bertz CT molecular complexity index is 219. The van der Waals surface area contributed by atoms with Crippen LogP contribution >= 0.6 is 0 Å². The van der Waals surface area contributed by atoms with Crippen LogP contribution in [0.3, 0.4) is 0 Å². The lowest BCUT2D eigenvalue weighted by Crippen LogP contribution is -2.51. The number of ether oxygens (including phenoxy) is 2. The first kappa shape index (κ1) is 11.4. The van der Waals surface area contributed by atoms with Gasteiger partial charge in [0.05, 0.1) is 13.2 Å². The molecule has 0 aromatic heterocycles.